The second kappa shape index (κ2) is 8.36. The maximum absolute atomic E-state index is 13.5. The fraction of sp³-hybridized carbons (Fsp3) is 0.391. The van der Waals surface area contributed by atoms with E-state index in [-0.39, 0.29) is 23.8 Å². The monoisotopic (exact) mass is 410 g/mol. The molecular formula is C23H26N2O5. The molecule has 30 heavy (non-hydrogen) atoms. The van der Waals surface area contributed by atoms with Crippen molar-refractivity contribution in [2.24, 2.45) is 0 Å². The van der Waals surface area contributed by atoms with Crippen LogP contribution in [0.4, 0.5) is 0 Å². The summed E-state index contributed by atoms with van der Waals surface area (Å²) in [5.41, 5.74) is 1.88. The van der Waals surface area contributed by atoms with Crippen molar-refractivity contribution < 1.29 is 14.2 Å². The van der Waals surface area contributed by atoms with Gasteiger partial charge in [-0.3, -0.25) is 13.9 Å². The van der Waals surface area contributed by atoms with Gasteiger partial charge in [-0.2, -0.15) is 0 Å². The third-order valence-electron chi connectivity index (χ3n) is 5.67. The molecule has 0 N–H and O–H groups in total. The summed E-state index contributed by atoms with van der Waals surface area (Å²) in [6.07, 6.45) is 1.49. The van der Waals surface area contributed by atoms with Crippen molar-refractivity contribution in [3.8, 4) is 11.5 Å². The van der Waals surface area contributed by atoms with E-state index in [1.54, 1.807) is 30.9 Å². The van der Waals surface area contributed by atoms with Crippen LogP contribution in [0.3, 0.4) is 0 Å². The van der Waals surface area contributed by atoms with Gasteiger partial charge in [-0.15, -0.1) is 0 Å². The number of aryl methyl sites for hydroxylation is 1. The van der Waals surface area contributed by atoms with Crippen LogP contribution in [-0.4, -0.2) is 36.6 Å². The first-order valence-electron chi connectivity index (χ1n) is 10.1. The Hall–Kier alpha value is -3.06. The van der Waals surface area contributed by atoms with Crippen LogP contribution in [0, 0.1) is 6.92 Å². The van der Waals surface area contributed by atoms with Gasteiger partial charge in [0.2, 0.25) is 0 Å². The van der Waals surface area contributed by atoms with Gasteiger partial charge in [-0.1, -0.05) is 17.7 Å². The predicted octanol–water partition coefficient (Wildman–Crippen LogP) is 2.89. The lowest BCUT2D eigenvalue weighted by atomic mass is 10.1. The van der Waals surface area contributed by atoms with E-state index in [2.05, 4.69) is 0 Å². The van der Waals surface area contributed by atoms with Crippen molar-refractivity contribution in [1.29, 1.82) is 0 Å². The minimum Gasteiger partial charge on any atom is -0.493 e. The van der Waals surface area contributed by atoms with E-state index in [0.29, 0.717) is 35.6 Å². The van der Waals surface area contributed by atoms with Crippen molar-refractivity contribution >= 4 is 10.9 Å². The summed E-state index contributed by atoms with van der Waals surface area (Å²) in [7, 11) is 3.13. The molecule has 1 aliphatic rings. The first-order chi connectivity index (χ1) is 14.5. The third kappa shape index (κ3) is 3.61. The summed E-state index contributed by atoms with van der Waals surface area (Å²) in [5, 5.41) is 0.557. The van der Waals surface area contributed by atoms with Gasteiger partial charge in [-0.25, -0.2) is 4.79 Å². The molecule has 0 aliphatic carbocycles. The number of nitrogens with zero attached hydrogens (tertiary/aromatic N) is 2. The Kier molecular flexibility index (Phi) is 5.63. The minimum absolute atomic E-state index is 0.00806. The van der Waals surface area contributed by atoms with Crippen LogP contribution in [0.5, 0.6) is 11.5 Å². The van der Waals surface area contributed by atoms with E-state index in [0.717, 1.165) is 24.0 Å². The highest BCUT2D eigenvalue weighted by atomic mass is 16.5. The maximum atomic E-state index is 13.5. The lowest BCUT2D eigenvalue weighted by Gasteiger charge is -2.26. The van der Waals surface area contributed by atoms with Crippen LogP contribution in [0.25, 0.3) is 10.9 Å². The molecule has 1 aromatic heterocycles. The zero-order valence-electron chi connectivity index (χ0n) is 17.5. The molecule has 2 heterocycles. The molecule has 1 fully saturated rings. The molecule has 7 heteroatoms. The molecule has 0 saturated carbocycles. The van der Waals surface area contributed by atoms with Crippen LogP contribution >= 0.6 is 0 Å². The molecule has 0 bridgehead atoms. The number of fused-ring (bicyclic) bond motifs is 1. The van der Waals surface area contributed by atoms with Crippen molar-refractivity contribution in [3.63, 3.8) is 0 Å². The molecule has 7 nitrogen and oxygen atoms in total. The van der Waals surface area contributed by atoms with Crippen LogP contribution in [0.1, 0.15) is 30.0 Å². The topological polar surface area (TPSA) is 71.7 Å². The number of benzene rings is 2. The largest absolute Gasteiger partial charge is 0.493 e. The Bertz CT molecular complexity index is 1190. The zero-order valence-corrected chi connectivity index (χ0v) is 17.5. The smallest absolute Gasteiger partial charge is 0.332 e. The van der Waals surface area contributed by atoms with E-state index >= 15 is 0 Å². The molecule has 0 amide bonds. The Morgan fingerprint density at radius 1 is 1.00 bits per heavy atom. The number of hydrogen-bond acceptors (Lipinski definition) is 5. The average Bonchev–Trinajstić information content (AvgIpc) is 2.77. The molecule has 0 atom stereocenters. The fourth-order valence-corrected chi connectivity index (χ4v) is 4.09. The van der Waals surface area contributed by atoms with Gasteiger partial charge in [0.1, 0.15) is 0 Å². The molecule has 1 aliphatic heterocycles. The summed E-state index contributed by atoms with van der Waals surface area (Å²) < 4.78 is 19.2. The van der Waals surface area contributed by atoms with Gasteiger partial charge in [0.25, 0.3) is 5.56 Å². The Balaban J connectivity index is 1.89. The molecular weight excluding hydrogens is 384 g/mol. The molecule has 0 unspecified atom stereocenters. The highest BCUT2D eigenvalue weighted by Crippen LogP contribution is 2.28. The normalized spacial score (nSPS) is 14.8. The SMILES string of the molecule is COc1ccc(Cn2c(=O)c3cc(C)ccc3n(C3CCOCC3)c2=O)cc1OC. The van der Waals surface area contributed by atoms with E-state index < -0.39 is 0 Å². The van der Waals surface area contributed by atoms with Crippen LogP contribution in [0.15, 0.2) is 46.0 Å². The Labute approximate surface area is 174 Å². The Morgan fingerprint density at radius 3 is 2.43 bits per heavy atom. The minimum atomic E-state index is -0.293. The molecule has 1 saturated heterocycles. The third-order valence-corrected chi connectivity index (χ3v) is 5.67. The van der Waals surface area contributed by atoms with Gasteiger partial charge in [-0.05, 0) is 49.6 Å². The average molecular weight is 410 g/mol. The Morgan fingerprint density at radius 2 is 1.73 bits per heavy atom. The number of ether oxygens (including phenoxy) is 3. The predicted molar refractivity (Wildman–Crippen MR) is 115 cm³/mol. The maximum Gasteiger partial charge on any atom is 0.332 e. The first kappa shape index (κ1) is 20.2. The summed E-state index contributed by atoms with van der Waals surface area (Å²) in [4.78, 5) is 26.8. The summed E-state index contributed by atoms with van der Waals surface area (Å²) in [6.45, 7) is 3.32. The van der Waals surface area contributed by atoms with E-state index in [1.807, 2.05) is 31.2 Å². The lowest BCUT2D eigenvalue weighted by molar-refractivity contribution is 0.0691. The van der Waals surface area contributed by atoms with Gasteiger partial charge in [0.15, 0.2) is 11.5 Å². The number of aromatic nitrogens is 2. The lowest BCUT2D eigenvalue weighted by Crippen LogP contribution is -2.42. The number of methoxy groups -OCH3 is 2. The van der Waals surface area contributed by atoms with Crippen LogP contribution in [-0.2, 0) is 11.3 Å². The zero-order chi connectivity index (χ0) is 21.3. The van der Waals surface area contributed by atoms with E-state index in [9.17, 15) is 9.59 Å². The van der Waals surface area contributed by atoms with Crippen molar-refractivity contribution in [1.82, 2.24) is 9.13 Å². The number of hydrogen-bond donors (Lipinski definition) is 0. The van der Waals surface area contributed by atoms with Crippen LogP contribution < -0.4 is 20.7 Å². The molecule has 3 aromatic rings. The van der Waals surface area contributed by atoms with Gasteiger partial charge in [0.05, 0.1) is 31.7 Å². The van der Waals surface area contributed by atoms with E-state index in [1.165, 1.54) is 4.57 Å². The van der Waals surface area contributed by atoms with Gasteiger partial charge < -0.3 is 14.2 Å². The van der Waals surface area contributed by atoms with Gasteiger partial charge >= 0.3 is 5.69 Å². The fourth-order valence-electron chi connectivity index (χ4n) is 4.09. The first-order valence-corrected chi connectivity index (χ1v) is 10.1. The second-order valence-electron chi connectivity index (χ2n) is 7.60. The van der Waals surface area contributed by atoms with Gasteiger partial charge in [0, 0.05) is 19.3 Å². The summed E-state index contributed by atoms with van der Waals surface area (Å²) in [5.74, 6) is 1.16. The molecule has 2 aromatic carbocycles. The van der Waals surface area contributed by atoms with Crippen molar-refractivity contribution in [3.05, 3.63) is 68.4 Å². The summed E-state index contributed by atoms with van der Waals surface area (Å²) >= 11 is 0. The van der Waals surface area contributed by atoms with Crippen LogP contribution in [0.2, 0.25) is 0 Å². The van der Waals surface area contributed by atoms with Crippen molar-refractivity contribution in [2.75, 3.05) is 27.4 Å². The number of rotatable bonds is 5. The highest BCUT2D eigenvalue weighted by molar-refractivity contribution is 5.79. The van der Waals surface area contributed by atoms with Crippen molar-refractivity contribution in [2.45, 2.75) is 32.4 Å². The molecule has 158 valence electrons. The molecule has 0 radical (unpaired) electrons. The second-order valence-corrected chi connectivity index (χ2v) is 7.60. The molecule has 4 rings (SSSR count). The standard InChI is InChI=1S/C23H26N2O5/c1-15-4-6-19-18(12-15)22(26)24(23(27)25(19)17-8-10-30-11-9-17)14-16-5-7-20(28-2)21(13-16)29-3/h4-7,12-13,17H,8-11,14H2,1-3H3. The van der Waals surface area contributed by atoms with E-state index in [4.69, 9.17) is 14.2 Å². The molecule has 0 spiro atoms. The quantitative estimate of drug-likeness (QED) is 0.647. The summed E-state index contributed by atoms with van der Waals surface area (Å²) in [6, 6.07) is 11.1. The highest BCUT2D eigenvalue weighted by Gasteiger charge is 2.22.